The van der Waals surface area contributed by atoms with Gasteiger partial charge < -0.3 is 10.5 Å². The lowest BCUT2D eigenvalue weighted by atomic mass is 10.2. The molecule has 0 amide bonds. The highest BCUT2D eigenvalue weighted by atomic mass is 19.1. The molecule has 3 heteroatoms. The maximum atomic E-state index is 13.0. The van der Waals surface area contributed by atoms with Gasteiger partial charge in [0.2, 0.25) is 0 Å². The van der Waals surface area contributed by atoms with Crippen molar-refractivity contribution in [1.29, 1.82) is 0 Å². The monoisotopic (exact) mass is 197 g/mol. The van der Waals surface area contributed by atoms with E-state index in [1.165, 1.54) is 6.07 Å². The van der Waals surface area contributed by atoms with Crippen molar-refractivity contribution in [3.05, 3.63) is 23.5 Å². The average molecular weight is 197 g/mol. The molecule has 2 N–H and O–H groups in total. The van der Waals surface area contributed by atoms with Gasteiger partial charge in [0.15, 0.2) is 0 Å². The third-order valence-electron chi connectivity index (χ3n) is 2.05. The van der Waals surface area contributed by atoms with Gasteiger partial charge in [-0.25, -0.2) is 4.39 Å². The number of unbranched alkanes of at least 4 members (excludes halogenated alkanes) is 1. The number of ether oxygens (including phenoxy) is 1. The Kier molecular flexibility index (Phi) is 3.74. The molecule has 0 spiro atoms. The van der Waals surface area contributed by atoms with Gasteiger partial charge in [-0.2, -0.15) is 0 Å². The first-order chi connectivity index (χ1) is 6.65. The van der Waals surface area contributed by atoms with Crippen molar-refractivity contribution in [2.45, 2.75) is 26.7 Å². The van der Waals surface area contributed by atoms with Crippen LogP contribution in [0.15, 0.2) is 12.1 Å². The Morgan fingerprint density at radius 3 is 2.79 bits per heavy atom. The molecule has 0 radical (unpaired) electrons. The number of hydrogen-bond acceptors (Lipinski definition) is 2. The molecule has 14 heavy (non-hydrogen) atoms. The summed E-state index contributed by atoms with van der Waals surface area (Å²) in [6, 6.07) is 2.94. The standard InChI is InChI=1S/C11H16FNO/c1-3-4-5-14-11-6-8(2)9(12)7-10(11)13/h6-7H,3-5,13H2,1-2H3. The highest BCUT2D eigenvalue weighted by Gasteiger charge is 2.05. The van der Waals surface area contributed by atoms with Gasteiger partial charge in [0, 0.05) is 6.07 Å². The van der Waals surface area contributed by atoms with E-state index in [1.54, 1.807) is 13.0 Å². The highest BCUT2D eigenvalue weighted by molar-refractivity contribution is 5.54. The SMILES string of the molecule is CCCCOc1cc(C)c(F)cc1N. The Labute approximate surface area is 83.9 Å². The van der Waals surface area contributed by atoms with Gasteiger partial charge in [-0.05, 0) is 25.0 Å². The third-order valence-corrected chi connectivity index (χ3v) is 2.05. The molecule has 0 saturated carbocycles. The lowest BCUT2D eigenvalue weighted by molar-refractivity contribution is 0.310. The Morgan fingerprint density at radius 1 is 1.43 bits per heavy atom. The van der Waals surface area contributed by atoms with Crippen LogP contribution >= 0.6 is 0 Å². The summed E-state index contributed by atoms with van der Waals surface area (Å²) in [6.45, 7) is 4.41. The molecule has 0 aliphatic heterocycles. The van der Waals surface area contributed by atoms with E-state index in [-0.39, 0.29) is 5.82 Å². The fourth-order valence-corrected chi connectivity index (χ4v) is 1.12. The molecular weight excluding hydrogens is 181 g/mol. The molecule has 0 bridgehead atoms. The largest absolute Gasteiger partial charge is 0.491 e. The highest BCUT2D eigenvalue weighted by Crippen LogP contribution is 2.24. The first kappa shape index (κ1) is 10.8. The van der Waals surface area contributed by atoms with Crippen LogP contribution in [0.2, 0.25) is 0 Å². The van der Waals surface area contributed by atoms with Gasteiger partial charge in [0.05, 0.1) is 12.3 Å². The number of nitrogen functional groups attached to an aromatic ring is 1. The molecule has 2 nitrogen and oxygen atoms in total. The second-order valence-electron chi connectivity index (χ2n) is 3.34. The number of rotatable bonds is 4. The summed E-state index contributed by atoms with van der Waals surface area (Å²) in [4.78, 5) is 0. The zero-order valence-electron chi connectivity index (χ0n) is 8.64. The van der Waals surface area contributed by atoms with Crippen molar-refractivity contribution in [2.24, 2.45) is 0 Å². The number of anilines is 1. The minimum absolute atomic E-state index is 0.287. The molecular formula is C11H16FNO. The van der Waals surface area contributed by atoms with E-state index in [0.29, 0.717) is 23.6 Å². The average Bonchev–Trinajstić information content (AvgIpc) is 2.14. The Balaban J connectivity index is 2.72. The molecule has 1 rings (SSSR count). The maximum absolute atomic E-state index is 13.0. The third kappa shape index (κ3) is 2.62. The van der Waals surface area contributed by atoms with Crippen molar-refractivity contribution < 1.29 is 9.13 Å². The molecule has 1 aromatic carbocycles. The van der Waals surface area contributed by atoms with E-state index in [9.17, 15) is 4.39 Å². The lowest BCUT2D eigenvalue weighted by Crippen LogP contribution is -2.01. The van der Waals surface area contributed by atoms with Gasteiger partial charge in [-0.1, -0.05) is 13.3 Å². The number of hydrogen-bond donors (Lipinski definition) is 1. The quantitative estimate of drug-likeness (QED) is 0.595. The van der Waals surface area contributed by atoms with Crippen LogP contribution in [0.25, 0.3) is 0 Å². The van der Waals surface area contributed by atoms with Crippen molar-refractivity contribution in [1.82, 2.24) is 0 Å². The van der Waals surface area contributed by atoms with Gasteiger partial charge >= 0.3 is 0 Å². The minimum atomic E-state index is -0.287. The summed E-state index contributed by atoms with van der Waals surface area (Å²) in [6.07, 6.45) is 2.05. The van der Waals surface area contributed by atoms with Gasteiger partial charge in [-0.15, -0.1) is 0 Å². The molecule has 0 aliphatic rings. The summed E-state index contributed by atoms with van der Waals surface area (Å²) in [7, 11) is 0. The zero-order chi connectivity index (χ0) is 10.6. The minimum Gasteiger partial charge on any atom is -0.491 e. The summed E-state index contributed by atoms with van der Waals surface area (Å²) in [5, 5.41) is 0. The first-order valence-electron chi connectivity index (χ1n) is 4.83. The van der Waals surface area contributed by atoms with Crippen LogP contribution < -0.4 is 10.5 Å². The molecule has 0 fully saturated rings. The summed E-state index contributed by atoms with van der Waals surface area (Å²) < 4.78 is 18.4. The van der Waals surface area contributed by atoms with Gasteiger partial charge in [0.25, 0.3) is 0 Å². The number of nitrogens with two attached hydrogens (primary N) is 1. The predicted octanol–water partition coefficient (Wildman–Crippen LogP) is 2.90. The van der Waals surface area contributed by atoms with E-state index in [2.05, 4.69) is 6.92 Å². The molecule has 78 valence electrons. The van der Waals surface area contributed by atoms with E-state index in [4.69, 9.17) is 10.5 Å². The summed E-state index contributed by atoms with van der Waals surface area (Å²) in [5.41, 5.74) is 6.53. The fraction of sp³-hybridized carbons (Fsp3) is 0.455. The first-order valence-corrected chi connectivity index (χ1v) is 4.83. The predicted molar refractivity (Wildman–Crippen MR) is 56.0 cm³/mol. The normalized spacial score (nSPS) is 10.2. The van der Waals surface area contributed by atoms with Crippen LogP contribution in [0.5, 0.6) is 5.75 Å². The van der Waals surface area contributed by atoms with Crippen LogP contribution in [0.3, 0.4) is 0 Å². The second-order valence-corrected chi connectivity index (χ2v) is 3.34. The van der Waals surface area contributed by atoms with Crippen LogP contribution in [0.4, 0.5) is 10.1 Å². The van der Waals surface area contributed by atoms with Gasteiger partial charge in [0.1, 0.15) is 11.6 Å². The molecule has 1 aromatic rings. The smallest absolute Gasteiger partial charge is 0.142 e. The summed E-state index contributed by atoms with van der Waals surface area (Å²) >= 11 is 0. The Hall–Kier alpha value is -1.25. The molecule has 0 unspecified atom stereocenters. The van der Waals surface area contributed by atoms with Crippen LogP contribution in [0, 0.1) is 12.7 Å². The Bertz CT molecular complexity index is 312. The van der Waals surface area contributed by atoms with E-state index < -0.39 is 0 Å². The lowest BCUT2D eigenvalue weighted by Gasteiger charge is -2.09. The Morgan fingerprint density at radius 2 is 2.14 bits per heavy atom. The summed E-state index contributed by atoms with van der Waals surface area (Å²) in [5.74, 6) is 0.294. The second kappa shape index (κ2) is 4.84. The molecule has 0 aliphatic carbocycles. The molecule has 0 atom stereocenters. The van der Waals surface area contributed by atoms with Crippen molar-refractivity contribution in [3.63, 3.8) is 0 Å². The maximum Gasteiger partial charge on any atom is 0.142 e. The molecule has 0 saturated heterocycles. The van der Waals surface area contributed by atoms with Gasteiger partial charge in [-0.3, -0.25) is 0 Å². The zero-order valence-corrected chi connectivity index (χ0v) is 8.64. The van der Waals surface area contributed by atoms with Crippen molar-refractivity contribution in [3.8, 4) is 5.75 Å². The molecule has 0 heterocycles. The fourth-order valence-electron chi connectivity index (χ4n) is 1.12. The van der Waals surface area contributed by atoms with Crippen molar-refractivity contribution in [2.75, 3.05) is 12.3 Å². The number of halogens is 1. The number of benzene rings is 1. The van der Waals surface area contributed by atoms with E-state index >= 15 is 0 Å². The topological polar surface area (TPSA) is 35.2 Å². The van der Waals surface area contributed by atoms with E-state index in [1.807, 2.05) is 0 Å². The van der Waals surface area contributed by atoms with Crippen LogP contribution in [-0.4, -0.2) is 6.61 Å². The van der Waals surface area contributed by atoms with Crippen LogP contribution in [0.1, 0.15) is 25.3 Å². The van der Waals surface area contributed by atoms with Crippen molar-refractivity contribution >= 4 is 5.69 Å². The van der Waals surface area contributed by atoms with Crippen LogP contribution in [-0.2, 0) is 0 Å². The number of aryl methyl sites for hydroxylation is 1. The molecule has 0 aromatic heterocycles. The van der Waals surface area contributed by atoms with E-state index in [0.717, 1.165) is 12.8 Å².